The molecule has 0 spiro atoms. The maximum Gasteiger partial charge on any atom is 0.336 e. The predicted molar refractivity (Wildman–Crippen MR) is 71.2 cm³/mol. The molecule has 2 heterocycles. The molecule has 1 saturated heterocycles. The van der Waals surface area contributed by atoms with Gasteiger partial charge in [0.25, 0.3) is 0 Å². The summed E-state index contributed by atoms with van der Waals surface area (Å²) in [7, 11) is 0. The summed E-state index contributed by atoms with van der Waals surface area (Å²) in [5.41, 5.74) is 2.05. The lowest BCUT2D eigenvalue weighted by Gasteiger charge is -2.23. The molecular formula is C15H15NO3. The average molecular weight is 257 g/mol. The zero-order valence-electron chi connectivity index (χ0n) is 10.5. The molecule has 4 nitrogen and oxygen atoms in total. The van der Waals surface area contributed by atoms with Crippen LogP contribution in [-0.4, -0.2) is 22.7 Å². The number of aromatic nitrogens is 1. The van der Waals surface area contributed by atoms with Crippen molar-refractivity contribution in [1.82, 2.24) is 4.98 Å². The van der Waals surface area contributed by atoms with E-state index < -0.39 is 5.97 Å². The van der Waals surface area contributed by atoms with Crippen molar-refractivity contribution in [3.05, 3.63) is 41.6 Å². The monoisotopic (exact) mass is 257 g/mol. The van der Waals surface area contributed by atoms with Crippen molar-refractivity contribution in [2.24, 2.45) is 0 Å². The zero-order valence-corrected chi connectivity index (χ0v) is 10.5. The SMILES string of the molecule is O=C(O)c1ccnc2ccc(C3CCCCO3)cc12. The van der Waals surface area contributed by atoms with Crippen LogP contribution in [-0.2, 0) is 4.74 Å². The summed E-state index contributed by atoms with van der Waals surface area (Å²) in [5.74, 6) is -0.922. The summed E-state index contributed by atoms with van der Waals surface area (Å²) in [6.07, 6.45) is 4.87. The number of ether oxygens (including phenoxy) is 1. The van der Waals surface area contributed by atoms with E-state index in [2.05, 4.69) is 4.98 Å². The Morgan fingerprint density at radius 2 is 2.21 bits per heavy atom. The summed E-state index contributed by atoms with van der Waals surface area (Å²) >= 11 is 0. The first kappa shape index (κ1) is 12.1. The minimum absolute atomic E-state index is 0.0833. The first-order chi connectivity index (χ1) is 9.25. The molecule has 19 heavy (non-hydrogen) atoms. The lowest BCUT2D eigenvalue weighted by atomic mass is 9.98. The minimum atomic E-state index is -0.922. The lowest BCUT2D eigenvalue weighted by molar-refractivity contribution is 0.0150. The average Bonchev–Trinajstić information content (AvgIpc) is 2.47. The second kappa shape index (κ2) is 4.97. The van der Waals surface area contributed by atoms with E-state index in [1.54, 1.807) is 0 Å². The molecule has 98 valence electrons. The summed E-state index contributed by atoms with van der Waals surface area (Å²) in [5, 5.41) is 9.91. The van der Waals surface area contributed by atoms with E-state index in [9.17, 15) is 9.90 Å². The van der Waals surface area contributed by atoms with Crippen molar-refractivity contribution in [3.8, 4) is 0 Å². The normalized spacial score (nSPS) is 19.5. The number of hydrogen-bond acceptors (Lipinski definition) is 3. The van der Waals surface area contributed by atoms with Gasteiger partial charge in [0.1, 0.15) is 0 Å². The molecule has 3 rings (SSSR count). The van der Waals surface area contributed by atoms with E-state index >= 15 is 0 Å². The molecule has 0 aliphatic carbocycles. The number of pyridine rings is 1. The molecule has 1 aliphatic heterocycles. The Labute approximate surface area is 111 Å². The van der Waals surface area contributed by atoms with Gasteiger partial charge in [-0.1, -0.05) is 6.07 Å². The fraction of sp³-hybridized carbons (Fsp3) is 0.333. The van der Waals surface area contributed by atoms with Crippen LogP contribution < -0.4 is 0 Å². The number of hydrogen-bond donors (Lipinski definition) is 1. The Bertz CT molecular complexity index is 618. The highest BCUT2D eigenvalue weighted by Gasteiger charge is 2.17. The predicted octanol–water partition coefficient (Wildman–Crippen LogP) is 3.17. The quantitative estimate of drug-likeness (QED) is 0.897. The van der Waals surface area contributed by atoms with Crippen LogP contribution in [0.3, 0.4) is 0 Å². The minimum Gasteiger partial charge on any atom is -0.478 e. The van der Waals surface area contributed by atoms with Gasteiger partial charge >= 0.3 is 5.97 Å². The Kier molecular flexibility index (Phi) is 3.17. The molecule has 0 bridgehead atoms. The second-order valence-corrected chi connectivity index (χ2v) is 4.80. The molecule has 1 aromatic heterocycles. The number of carbonyl (C=O) groups is 1. The third-order valence-corrected chi connectivity index (χ3v) is 3.55. The van der Waals surface area contributed by atoms with Crippen LogP contribution in [0.4, 0.5) is 0 Å². The van der Waals surface area contributed by atoms with Crippen LogP contribution in [0.2, 0.25) is 0 Å². The summed E-state index contributed by atoms with van der Waals surface area (Å²) in [4.78, 5) is 15.4. The molecule has 1 N–H and O–H groups in total. The van der Waals surface area contributed by atoms with Crippen LogP contribution in [0, 0.1) is 0 Å². The van der Waals surface area contributed by atoms with Gasteiger partial charge in [0.2, 0.25) is 0 Å². The second-order valence-electron chi connectivity index (χ2n) is 4.80. The fourth-order valence-corrected chi connectivity index (χ4v) is 2.55. The van der Waals surface area contributed by atoms with Gasteiger partial charge in [-0.3, -0.25) is 4.98 Å². The van der Waals surface area contributed by atoms with Gasteiger partial charge in [-0.2, -0.15) is 0 Å². The first-order valence-electron chi connectivity index (χ1n) is 6.49. The van der Waals surface area contributed by atoms with Gasteiger partial charge in [-0.15, -0.1) is 0 Å². The number of benzene rings is 1. The number of aromatic carboxylic acids is 1. The standard InChI is InChI=1S/C15H15NO3/c17-15(18)11-6-7-16-13-5-4-10(9-12(11)13)14-3-1-2-8-19-14/h4-7,9,14H,1-3,8H2,(H,17,18). The van der Waals surface area contributed by atoms with Crippen LogP contribution in [0.5, 0.6) is 0 Å². The van der Waals surface area contributed by atoms with E-state index in [0.717, 1.165) is 31.4 Å². The van der Waals surface area contributed by atoms with Crippen LogP contribution in [0.25, 0.3) is 10.9 Å². The van der Waals surface area contributed by atoms with Gasteiger partial charge in [0.05, 0.1) is 17.2 Å². The van der Waals surface area contributed by atoms with E-state index in [1.165, 1.54) is 12.3 Å². The van der Waals surface area contributed by atoms with Crippen molar-refractivity contribution in [2.45, 2.75) is 25.4 Å². The van der Waals surface area contributed by atoms with E-state index in [-0.39, 0.29) is 6.10 Å². The van der Waals surface area contributed by atoms with Crippen molar-refractivity contribution in [2.75, 3.05) is 6.61 Å². The Hall–Kier alpha value is -1.94. The largest absolute Gasteiger partial charge is 0.478 e. The molecular weight excluding hydrogens is 242 g/mol. The van der Waals surface area contributed by atoms with Crippen LogP contribution in [0.1, 0.15) is 41.3 Å². The highest BCUT2D eigenvalue weighted by molar-refractivity contribution is 6.02. The topological polar surface area (TPSA) is 59.4 Å². The van der Waals surface area contributed by atoms with Gasteiger partial charge in [-0.25, -0.2) is 4.79 Å². The molecule has 1 aliphatic rings. The van der Waals surface area contributed by atoms with E-state index in [4.69, 9.17) is 4.74 Å². The maximum atomic E-state index is 11.2. The molecule has 0 saturated carbocycles. The van der Waals surface area contributed by atoms with Crippen molar-refractivity contribution in [1.29, 1.82) is 0 Å². The number of fused-ring (bicyclic) bond motifs is 1. The Balaban J connectivity index is 2.08. The molecule has 1 fully saturated rings. The number of carboxylic acids is 1. The molecule has 1 aromatic carbocycles. The molecule has 1 unspecified atom stereocenters. The van der Waals surface area contributed by atoms with Gasteiger partial charge in [0.15, 0.2) is 0 Å². The number of rotatable bonds is 2. The summed E-state index contributed by atoms with van der Waals surface area (Å²) in [6, 6.07) is 7.30. The lowest BCUT2D eigenvalue weighted by Crippen LogP contribution is -2.11. The number of nitrogens with zero attached hydrogens (tertiary/aromatic N) is 1. The fourth-order valence-electron chi connectivity index (χ4n) is 2.55. The van der Waals surface area contributed by atoms with Gasteiger partial charge in [0, 0.05) is 18.2 Å². The molecule has 0 radical (unpaired) electrons. The Morgan fingerprint density at radius 3 is 2.95 bits per heavy atom. The van der Waals surface area contributed by atoms with Crippen LogP contribution in [0.15, 0.2) is 30.5 Å². The molecule has 2 aromatic rings. The van der Waals surface area contributed by atoms with Crippen molar-refractivity contribution in [3.63, 3.8) is 0 Å². The highest BCUT2D eigenvalue weighted by Crippen LogP contribution is 2.30. The first-order valence-corrected chi connectivity index (χ1v) is 6.49. The molecule has 0 amide bonds. The van der Waals surface area contributed by atoms with Crippen LogP contribution >= 0.6 is 0 Å². The number of carboxylic acid groups (broad SMARTS) is 1. The van der Waals surface area contributed by atoms with Gasteiger partial charge in [-0.05, 0) is 43.0 Å². The van der Waals surface area contributed by atoms with E-state index in [0.29, 0.717) is 16.5 Å². The maximum absolute atomic E-state index is 11.2. The van der Waals surface area contributed by atoms with Crippen molar-refractivity contribution >= 4 is 16.9 Å². The molecule has 4 heteroatoms. The summed E-state index contributed by atoms with van der Waals surface area (Å²) < 4.78 is 5.75. The smallest absolute Gasteiger partial charge is 0.336 e. The zero-order chi connectivity index (χ0) is 13.2. The van der Waals surface area contributed by atoms with Crippen molar-refractivity contribution < 1.29 is 14.6 Å². The molecule has 1 atom stereocenters. The Morgan fingerprint density at radius 1 is 1.32 bits per heavy atom. The third kappa shape index (κ3) is 2.31. The third-order valence-electron chi connectivity index (χ3n) is 3.55. The van der Waals surface area contributed by atoms with Gasteiger partial charge < -0.3 is 9.84 Å². The summed E-state index contributed by atoms with van der Waals surface area (Å²) in [6.45, 7) is 0.779. The highest BCUT2D eigenvalue weighted by atomic mass is 16.5. The van der Waals surface area contributed by atoms with E-state index in [1.807, 2.05) is 18.2 Å².